The minimum Gasteiger partial charge on any atom is -0.504 e. The third-order valence-electron chi connectivity index (χ3n) is 4.62. The second kappa shape index (κ2) is 8.04. The van der Waals surface area contributed by atoms with Gasteiger partial charge in [-0.1, -0.05) is 12.1 Å². The summed E-state index contributed by atoms with van der Waals surface area (Å²) in [5.74, 6) is 0.234. The molecule has 0 aliphatic heterocycles. The summed E-state index contributed by atoms with van der Waals surface area (Å²) >= 11 is 0. The van der Waals surface area contributed by atoms with E-state index in [4.69, 9.17) is 9.47 Å². The first-order valence-corrected chi connectivity index (χ1v) is 9.03. The summed E-state index contributed by atoms with van der Waals surface area (Å²) in [5.41, 5.74) is 3.71. The van der Waals surface area contributed by atoms with E-state index in [0.29, 0.717) is 22.5 Å². The number of rotatable bonds is 5. The molecule has 0 radical (unpaired) electrons. The fraction of sp³-hybridized carbons (Fsp3) is 0.0909. The highest BCUT2D eigenvalue weighted by molar-refractivity contribution is 5.97. The molecule has 150 valence electrons. The van der Waals surface area contributed by atoms with E-state index < -0.39 is 6.09 Å². The fourth-order valence-electron chi connectivity index (χ4n) is 3.25. The Bertz CT molecular complexity index is 1250. The molecule has 0 saturated carbocycles. The lowest BCUT2D eigenvalue weighted by atomic mass is 10.1. The molecular formula is C22H18N4O4. The number of ether oxygens (including phenoxy) is 2. The molecule has 0 aliphatic rings. The molecule has 1 aromatic carbocycles. The van der Waals surface area contributed by atoms with E-state index in [2.05, 4.69) is 15.2 Å². The second-order valence-corrected chi connectivity index (χ2v) is 6.39. The van der Waals surface area contributed by atoms with Crippen LogP contribution in [0.3, 0.4) is 0 Å². The first-order chi connectivity index (χ1) is 14.6. The summed E-state index contributed by atoms with van der Waals surface area (Å²) in [7, 11) is 3.03. The van der Waals surface area contributed by atoms with Gasteiger partial charge in [0.15, 0.2) is 0 Å². The number of hydrogen-bond donors (Lipinski definition) is 1. The van der Waals surface area contributed by atoms with Crippen LogP contribution in [0.25, 0.3) is 39.5 Å². The molecule has 1 N–H and O–H groups in total. The Morgan fingerprint density at radius 2 is 1.87 bits per heavy atom. The summed E-state index contributed by atoms with van der Waals surface area (Å²) in [6.07, 6.45) is 5.49. The molecule has 0 bridgehead atoms. The first-order valence-electron chi connectivity index (χ1n) is 9.03. The molecule has 0 aliphatic carbocycles. The molecular weight excluding hydrogens is 384 g/mol. The van der Waals surface area contributed by atoms with Crippen molar-refractivity contribution >= 4 is 23.1 Å². The van der Waals surface area contributed by atoms with Crippen LogP contribution < -0.4 is 4.74 Å². The number of hydrogen-bond acceptors (Lipinski definition) is 6. The van der Waals surface area contributed by atoms with E-state index in [1.165, 1.54) is 17.9 Å². The molecule has 0 saturated heterocycles. The van der Waals surface area contributed by atoms with Crippen LogP contribution in [-0.2, 0) is 4.74 Å². The van der Waals surface area contributed by atoms with Crippen molar-refractivity contribution in [3.8, 4) is 28.4 Å². The van der Waals surface area contributed by atoms with Gasteiger partial charge >= 0.3 is 6.09 Å². The number of methoxy groups -OCH3 is 2. The van der Waals surface area contributed by atoms with Gasteiger partial charge < -0.3 is 14.6 Å². The molecule has 4 aromatic rings. The second-order valence-electron chi connectivity index (χ2n) is 6.39. The van der Waals surface area contributed by atoms with Crippen LogP contribution in [0.2, 0.25) is 0 Å². The number of carbonyl (C=O) groups is 1. The van der Waals surface area contributed by atoms with Gasteiger partial charge in [-0.25, -0.2) is 9.36 Å². The number of fused-ring (bicyclic) bond motifs is 1. The molecule has 0 spiro atoms. The van der Waals surface area contributed by atoms with Crippen molar-refractivity contribution in [3.05, 3.63) is 66.7 Å². The fourth-order valence-corrected chi connectivity index (χ4v) is 3.25. The largest absolute Gasteiger partial charge is 0.504 e. The van der Waals surface area contributed by atoms with Gasteiger partial charge in [0.1, 0.15) is 0 Å². The van der Waals surface area contributed by atoms with E-state index >= 15 is 0 Å². The lowest BCUT2D eigenvalue weighted by Gasteiger charge is -2.10. The Hall–Kier alpha value is -4.20. The summed E-state index contributed by atoms with van der Waals surface area (Å²) in [6.45, 7) is 0. The van der Waals surface area contributed by atoms with E-state index in [-0.39, 0.29) is 5.88 Å². The molecule has 30 heavy (non-hydrogen) atoms. The molecule has 3 aromatic heterocycles. The first kappa shape index (κ1) is 19.1. The Morgan fingerprint density at radius 3 is 2.57 bits per heavy atom. The topological polar surface area (TPSA) is 99.4 Å². The van der Waals surface area contributed by atoms with Gasteiger partial charge in [-0.05, 0) is 42.0 Å². The number of benzene rings is 1. The zero-order valence-corrected chi connectivity index (χ0v) is 16.3. The smallest absolute Gasteiger partial charge is 0.416 e. The highest BCUT2D eigenvalue weighted by Gasteiger charge is 2.21. The van der Waals surface area contributed by atoms with Gasteiger partial charge in [0, 0.05) is 23.3 Å². The number of aromatic nitrogens is 4. The normalized spacial score (nSPS) is 11.1. The molecule has 0 atom stereocenters. The minimum absolute atomic E-state index is 0.234. The van der Waals surface area contributed by atoms with Crippen LogP contribution >= 0.6 is 0 Å². The molecule has 0 fully saturated rings. The quantitative estimate of drug-likeness (QED) is 0.497. The number of carboxylic acid groups (broad SMARTS) is 1. The minimum atomic E-state index is -1.11. The summed E-state index contributed by atoms with van der Waals surface area (Å²) in [6, 6.07) is 12.7. The predicted molar refractivity (Wildman–Crippen MR) is 112 cm³/mol. The van der Waals surface area contributed by atoms with Crippen molar-refractivity contribution in [1.82, 2.24) is 19.7 Å². The third-order valence-corrected chi connectivity index (χ3v) is 4.62. The van der Waals surface area contributed by atoms with Gasteiger partial charge in [0.05, 0.1) is 42.9 Å². The van der Waals surface area contributed by atoms with Gasteiger partial charge in [0.2, 0.25) is 5.88 Å². The van der Waals surface area contributed by atoms with Crippen LogP contribution in [0.4, 0.5) is 4.79 Å². The number of pyridine rings is 1. The van der Waals surface area contributed by atoms with Gasteiger partial charge in [-0.15, -0.1) is 10.2 Å². The zero-order valence-electron chi connectivity index (χ0n) is 16.3. The Morgan fingerprint density at radius 1 is 1.07 bits per heavy atom. The lowest BCUT2D eigenvalue weighted by Crippen LogP contribution is -2.10. The molecule has 8 nitrogen and oxygen atoms in total. The molecule has 4 rings (SSSR count). The lowest BCUT2D eigenvalue weighted by molar-refractivity contribution is 0.198. The van der Waals surface area contributed by atoms with Crippen molar-refractivity contribution in [3.63, 3.8) is 0 Å². The van der Waals surface area contributed by atoms with Crippen LogP contribution in [0, 0.1) is 0 Å². The van der Waals surface area contributed by atoms with Crippen LogP contribution in [0.15, 0.2) is 61.1 Å². The van der Waals surface area contributed by atoms with Crippen molar-refractivity contribution in [2.75, 3.05) is 14.2 Å². The van der Waals surface area contributed by atoms with E-state index in [9.17, 15) is 9.90 Å². The van der Waals surface area contributed by atoms with Crippen molar-refractivity contribution in [2.45, 2.75) is 0 Å². The van der Waals surface area contributed by atoms with Crippen LogP contribution in [-0.4, -0.2) is 45.2 Å². The average molecular weight is 402 g/mol. The molecule has 8 heteroatoms. The van der Waals surface area contributed by atoms with Gasteiger partial charge in [0.25, 0.3) is 0 Å². The summed E-state index contributed by atoms with van der Waals surface area (Å²) in [4.78, 5) is 16.2. The Labute approximate surface area is 172 Å². The van der Waals surface area contributed by atoms with Gasteiger partial charge in [-0.2, -0.15) is 0 Å². The predicted octanol–water partition coefficient (Wildman–Crippen LogP) is 4.31. The maximum atomic E-state index is 12.2. The molecule has 0 unspecified atom stereocenters. The van der Waals surface area contributed by atoms with E-state index in [0.717, 1.165) is 16.5 Å². The number of nitrogens with zero attached hydrogens (tertiary/aromatic N) is 4. The highest BCUT2D eigenvalue weighted by atomic mass is 16.5. The van der Waals surface area contributed by atoms with Gasteiger partial charge in [-0.3, -0.25) is 4.98 Å². The summed E-state index contributed by atoms with van der Waals surface area (Å²) in [5, 5.41) is 19.1. The van der Waals surface area contributed by atoms with Crippen molar-refractivity contribution < 1.29 is 19.4 Å². The molecule has 3 heterocycles. The van der Waals surface area contributed by atoms with Crippen LogP contribution in [0.5, 0.6) is 5.88 Å². The average Bonchev–Trinajstić information content (AvgIpc) is 3.16. The zero-order chi connectivity index (χ0) is 21.1. The van der Waals surface area contributed by atoms with Crippen molar-refractivity contribution in [2.24, 2.45) is 0 Å². The maximum absolute atomic E-state index is 12.2. The standard InChI is InChI=1S/C22H18N4O4/c1-29-10-7-14-3-4-16-12-20(26(22(27)28)19(16)11-14)17-13-18(24-25-21(17)30-2)15-5-8-23-9-6-15/h3-13H,1-2H3,(H,27,28). The van der Waals surface area contributed by atoms with Crippen LogP contribution in [0.1, 0.15) is 5.56 Å². The molecule has 0 amide bonds. The Kier molecular flexibility index (Phi) is 5.13. The monoisotopic (exact) mass is 402 g/mol. The maximum Gasteiger partial charge on any atom is 0.416 e. The third kappa shape index (κ3) is 3.46. The SMILES string of the molecule is COC=Cc1ccc2cc(-c3cc(-c4ccncc4)nnc3OC)n(C(=O)O)c2c1. The van der Waals surface area contributed by atoms with Crippen molar-refractivity contribution in [1.29, 1.82) is 0 Å². The highest BCUT2D eigenvalue weighted by Crippen LogP contribution is 2.35. The van der Waals surface area contributed by atoms with E-state index in [1.54, 1.807) is 55.9 Å². The van der Waals surface area contributed by atoms with E-state index in [1.807, 2.05) is 12.1 Å². The summed E-state index contributed by atoms with van der Waals surface area (Å²) < 4.78 is 11.6. The Balaban J connectivity index is 1.95.